The van der Waals surface area contributed by atoms with Crippen LogP contribution in [0.3, 0.4) is 0 Å². The lowest BCUT2D eigenvalue weighted by Gasteiger charge is -2.31. The van der Waals surface area contributed by atoms with Gasteiger partial charge in [-0.05, 0) is 36.9 Å². The molecule has 1 aliphatic heterocycles. The predicted molar refractivity (Wildman–Crippen MR) is 114 cm³/mol. The van der Waals surface area contributed by atoms with Crippen molar-refractivity contribution in [2.45, 2.75) is 6.54 Å². The van der Waals surface area contributed by atoms with Crippen molar-refractivity contribution < 1.29 is 13.9 Å². The maximum Gasteiger partial charge on any atom is 0.240 e. The highest BCUT2D eigenvalue weighted by molar-refractivity contribution is 7.22. The summed E-state index contributed by atoms with van der Waals surface area (Å²) in [6, 6.07) is 12.7. The van der Waals surface area contributed by atoms with Gasteiger partial charge in [-0.15, -0.1) is 0 Å². The van der Waals surface area contributed by atoms with Gasteiger partial charge in [-0.1, -0.05) is 29.5 Å². The van der Waals surface area contributed by atoms with Crippen LogP contribution < -0.4 is 10.2 Å². The van der Waals surface area contributed by atoms with Gasteiger partial charge in [0.1, 0.15) is 5.82 Å². The van der Waals surface area contributed by atoms with Crippen LogP contribution in [0.5, 0.6) is 0 Å². The van der Waals surface area contributed by atoms with Crippen LogP contribution in [0.25, 0.3) is 10.2 Å². The number of benzene rings is 2. The smallest absolute Gasteiger partial charge is 0.240 e. The van der Waals surface area contributed by atoms with Crippen LogP contribution in [-0.4, -0.2) is 55.7 Å². The van der Waals surface area contributed by atoms with E-state index in [1.165, 1.54) is 34.7 Å². The minimum absolute atomic E-state index is 0.143. The summed E-state index contributed by atoms with van der Waals surface area (Å²) in [6.07, 6.45) is 0. The molecule has 1 fully saturated rings. The van der Waals surface area contributed by atoms with E-state index in [4.69, 9.17) is 4.74 Å². The molecule has 152 valence electrons. The third-order valence-electron chi connectivity index (χ3n) is 4.79. The molecule has 1 saturated heterocycles. The number of fused-ring (bicyclic) bond motifs is 1. The molecule has 6 nitrogen and oxygen atoms in total. The Morgan fingerprint density at radius 3 is 2.90 bits per heavy atom. The van der Waals surface area contributed by atoms with E-state index in [0.717, 1.165) is 26.3 Å². The minimum Gasteiger partial charge on any atom is -0.378 e. The van der Waals surface area contributed by atoms with Crippen LogP contribution in [0.15, 0.2) is 42.5 Å². The Balaban J connectivity index is 1.38. The molecule has 0 unspecified atom stereocenters. The van der Waals surface area contributed by atoms with Crippen molar-refractivity contribution in [3.05, 3.63) is 53.8 Å². The number of morpholine rings is 1. The van der Waals surface area contributed by atoms with Crippen LogP contribution in [0.4, 0.5) is 15.2 Å². The molecule has 2 heterocycles. The number of carbonyl (C=O) groups excluding carboxylic acids is 1. The van der Waals surface area contributed by atoms with Crippen LogP contribution in [-0.2, 0) is 16.1 Å². The highest BCUT2D eigenvalue weighted by Crippen LogP contribution is 2.26. The first-order chi connectivity index (χ1) is 14.1. The summed E-state index contributed by atoms with van der Waals surface area (Å²) in [5, 5.41) is 3.31. The zero-order chi connectivity index (χ0) is 20.2. The molecule has 1 N–H and O–H groups in total. The number of aromatic nitrogens is 1. The van der Waals surface area contributed by atoms with E-state index in [-0.39, 0.29) is 18.3 Å². The highest BCUT2D eigenvalue weighted by atomic mass is 32.1. The van der Waals surface area contributed by atoms with Gasteiger partial charge in [0.25, 0.3) is 0 Å². The molecule has 1 aliphatic rings. The summed E-state index contributed by atoms with van der Waals surface area (Å²) in [7, 11) is 1.92. The van der Waals surface area contributed by atoms with Gasteiger partial charge in [-0.3, -0.25) is 9.69 Å². The highest BCUT2D eigenvalue weighted by Gasteiger charge is 2.16. The molecule has 0 bridgehead atoms. The van der Waals surface area contributed by atoms with Crippen molar-refractivity contribution in [2.75, 3.05) is 50.1 Å². The summed E-state index contributed by atoms with van der Waals surface area (Å²) in [6.45, 7) is 4.11. The Morgan fingerprint density at radius 2 is 2.07 bits per heavy atom. The molecule has 2 aromatic carbocycles. The van der Waals surface area contributed by atoms with E-state index in [1.54, 1.807) is 6.07 Å². The topological polar surface area (TPSA) is 57.7 Å². The molecule has 3 aromatic rings. The van der Waals surface area contributed by atoms with Gasteiger partial charge < -0.3 is 15.0 Å². The summed E-state index contributed by atoms with van der Waals surface area (Å²) >= 11 is 1.27. The Kier molecular flexibility index (Phi) is 6.03. The lowest BCUT2D eigenvalue weighted by molar-refractivity contribution is -0.117. The zero-order valence-electron chi connectivity index (χ0n) is 16.2. The number of amides is 1. The first-order valence-electron chi connectivity index (χ1n) is 9.53. The second kappa shape index (κ2) is 8.86. The maximum absolute atomic E-state index is 13.3. The fourth-order valence-electron chi connectivity index (χ4n) is 3.46. The fourth-order valence-corrected chi connectivity index (χ4v) is 4.37. The van der Waals surface area contributed by atoms with E-state index < -0.39 is 0 Å². The number of hydrogen-bond acceptors (Lipinski definition) is 6. The second-order valence-corrected chi connectivity index (χ2v) is 8.11. The number of para-hydroxylation sites is 1. The van der Waals surface area contributed by atoms with Crippen LogP contribution in [0.2, 0.25) is 0 Å². The van der Waals surface area contributed by atoms with Crippen LogP contribution >= 0.6 is 11.3 Å². The number of ether oxygens (including phenoxy) is 1. The van der Waals surface area contributed by atoms with Gasteiger partial charge >= 0.3 is 0 Å². The number of thiazole rings is 1. The standard InChI is InChI=1S/C21H23FN4O2S/c1-25(13-15-4-2-3-5-18(15)26-8-10-28-11-9-26)14-20(27)24-21-23-17-7-6-16(22)12-19(17)29-21/h2-7,12H,8-11,13-14H2,1H3,(H,23,24,27). The first-order valence-corrected chi connectivity index (χ1v) is 10.4. The van der Waals surface area contributed by atoms with Gasteiger partial charge in [0.15, 0.2) is 5.13 Å². The van der Waals surface area contributed by atoms with Crippen molar-refractivity contribution in [3.8, 4) is 0 Å². The molecule has 29 heavy (non-hydrogen) atoms. The first kappa shape index (κ1) is 19.8. The number of likely N-dealkylation sites (N-methyl/N-ethyl adjacent to an activating group) is 1. The van der Waals surface area contributed by atoms with Crippen LogP contribution in [0, 0.1) is 5.82 Å². The predicted octanol–water partition coefficient (Wildman–Crippen LogP) is 3.34. The summed E-state index contributed by atoms with van der Waals surface area (Å²) in [5.41, 5.74) is 3.05. The minimum atomic E-state index is -0.308. The lowest BCUT2D eigenvalue weighted by Crippen LogP contribution is -2.37. The average Bonchev–Trinajstić information content (AvgIpc) is 3.10. The third-order valence-corrected chi connectivity index (χ3v) is 5.73. The lowest BCUT2D eigenvalue weighted by atomic mass is 10.1. The largest absolute Gasteiger partial charge is 0.378 e. The van der Waals surface area contributed by atoms with Crippen molar-refractivity contribution >= 4 is 38.3 Å². The molecule has 0 radical (unpaired) electrons. The van der Waals surface area contributed by atoms with E-state index in [2.05, 4.69) is 27.3 Å². The van der Waals surface area contributed by atoms with E-state index in [0.29, 0.717) is 21.9 Å². The zero-order valence-corrected chi connectivity index (χ0v) is 17.0. The number of halogens is 1. The van der Waals surface area contributed by atoms with E-state index in [1.807, 2.05) is 24.1 Å². The van der Waals surface area contributed by atoms with Crippen LogP contribution in [0.1, 0.15) is 5.56 Å². The van der Waals surface area contributed by atoms with Gasteiger partial charge in [0.2, 0.25) is 5.91 Å². The normalized spacial score (nSPS) is 14.5. The second-order valence-electron chi connectivity index (χ2n) is 7.08. The van der Waals surface area contributed by atoms with E-state index >= 15 is 0 Å². The Labute approximate surface area is 172 Å². The summed E-state index contributed by atoms with van der Waals surface area (Å²) < 4.78 is 19.5. The Morgan fingerprint density at radius 1 is 1.28 bits per heavy atom. The molecule has 0 spiro atoms. The molecular formula is C21H23FN4O2S. The molecular weight excluding hydrogens is 391 g/mol. The molecule has 1 amide bonds. The molecule has 0 aliphatic carbocycles. The maximum atomic E-state index is 13.3. The van der Waals surface area contributed by atoms with Gasteiger partial charge in [0.05, 0.1) is 30.0 Å². The van der Waals surface area contributed by atoms with Crippen molar-refractivity contribution in [2.24, 2.45) is 0 Å². The molecule has 1 aromatic heterocycles. The summed E-state index contributed by atoms with van der Waals surface area (Å²) in [5.74, 6) is -0.450. The fraction of sp³-hybridized carbons (Fsp3) is 0.333. The molecule has 8 heteroatoms. The number of anilines is 2. The van der Waals surface area contributed by atoms with Gasteiger partial charge in [0, 0.05) is 25.3 Å². The molecule has 4 rings (SSSR count). The summed E-state index contributed by atoms with van der Waals surface area (Å²) in [4.78, 5) is 21.1. The Hall–Kier alpha value is -2.55. The molecule has 0 saturated carbocycles. The van der Waals surface area contributed by atoms with Crippen molar-refractivity contribution in [3.63, 3.8) is 0 Å². The monoisotopic (exact) mass is 414 g/mol. The van der Waals surface area contributed by atoms with Gasteiger partial charge in [-0.2, -0.15) is 0 Å². The van der Waals surface area contributed by atoms with Gasteiger partial charge in [-0.25, -0.2) is 9.37 Å². The third kappa shape index (κ3) is 4.90. The Bertz CT molecular complexity index is 1000. The number of hydrogen-bond donors (Lipinski definition) is 1. The number of carbonyl (C=O) groups is 1. The number of nitrogens with zero attached hydrogens (tertiary/aromatic N) is 3. The van der Waals surface area contributed by atoms with E-state index in [9.17, 15) is 9.18 Å². The number of nitrogens with one attached hydrogen (secondary N) is 1. The van der Waals surface area contributed by atoms with Crippen molar-refractivity contribution in [1.82, 2.24) is 9.88 Å². The average molecular weight is 415 g/mol. The number of rotatable bonds is 6. The quantitative estimate of drug-likeness (QED) is 0.671. The molecule has 0 atom stereocenters. The van der Waals surface area contributed by atoms with Crippen molar-refractivity contribution in [1.29, 1.82) is 0 Å². The SMILES string of the molecule is CN(CC(=O)Nc1nc2ccc(F)cc2s1)Cc1ccccc1N1CCOCC1.